The van der Waals surface area contributed by atoms with Crippen LogP contribution in [0.15, 0.2) is 65.6 Å². The van der Waals surface area contributed by atoms with E-state index in [-0.39, 0.29) is 5.91 Å². The molecule has 19 heavy (non-hydrogen) atoms. The second kappa shape index (κ2) is 6.34. The molecule has 3 heteroatoms. The summed E-state index contributed by atoms with van der Waals surface area (Å²) in [4.78, 5) is 11.9. The van der Waals surface area contributed by atoms with E-state index in [1.165, 1.54) is 0 Å². The number of halogens is 1. The molecule has 0 saturated carbocycles. The van der Waals surface area contributed by atoms with Gasteiger partial charge in [0.25, 0.3) is 5.91 Å². The Kier molecular flexibility index (Phi) is 4.53. The van der Waals surface area contributed by atoms with E-state index in [0.29, 0.717) is 12.1 Å². The van der Waals surface area contributed by atoms with E-state index in [2.05, 4.69) is 27.8 Å². The van der Waals surface area contributed by atoms with E-state index in [1.54, 1.807) is 12.1 Å². The summed E-state index contributed by atoms with van der Waals surface area (Å²) in [7, 11) is 0. The summed E-state index contributed by atoms with van der Waals surface area (Å²) in [5, 5.41) is 2.86. The van der Waals surface area contributed by atoms with Crippen molar-refractivity contribution in [3.05, 3.63) is 76.8 Å². The van der Waals surface area contributed by atoms with E-state index >= 15 is 0 Å². The van der Waals surface area contributed by atoms with Gasteiger partial charge < -0.3 is 5.32 Å². The molecule has 0 bridgehead atoms. The SMILES string of the molecule is C=C(CNC(=O)c1ccc(Br)cc1)c1ccccc1. The summed E-state index contributed by atoms with van der Waals surface area (Å²) in [6.07, 6.45) is 0. The van der Waals surface area contributed by atoms with Crippen LogP contribution in [0.3, 0.4) is 0 Å². The number of benzene rings is 2. The minimum atomic E-state index is -0.0930. The summed E-state index contributed by atoms with van der Waals surface area (Å²) in [5.74, 6) is -0.0930. The third kappa shape index (κ3) is 3.80. The predicted octanol–water partition coefficient (Wildman–Crippen LogP) is 3.89. The molecule has 0 aliphatic carbocycles. The van der Waals surface area contributed by atoms with Crippen LogP contribution < -0.4 is 5.32 Å². The molecular weight excluding hydrogens is 302 g/mol. The molecule has 1 N–H and O–H groups in total. The molecule has 0 unspecified atom stereocenters. The first-order chi connectivity index (χ1) is 9.16. The Balaban J connectivity index is 1.94. The van der Waals surface area contributed by atoms with Crippen LogP contribution in [0, 0.1) is 0 Å². The molecule has 0 saturated heterocycles. The Morgan fingerprint density at radius 1 is 1.00 bits per heavy atom. The van der Waals surface area contributed by atoms with Gasteiger partial charge in [0.15, 0.2) is 0 Å². The molecule has 0 atom stereocenters. The predicted molar refractivity (Wildman–Crippen MR) is 82.0 cm³/mol. The molecule has 0 aliphatic rings. The highest BCUT2D eigenvalue weighted by atomic mass is 79.9. The van der Waals surface area contributed by atoms with Gasteiger partial charge in [-0.25, -0.2) is 0 Å². The van der Waals surface area contributed by atoms with Crippen LogP contribution in [-0.2, 0) is 0 Å². The highest BCUT2D eigenvalue weighted by molar-refractivity contribution is 9.10. The molecule has 0 fully saturated rings. The second-order valence-electron chi connectivity index (χ2n) is 4.16. The standard InChI is InChI=1S/C16H14BrNO/c1-12(13-5-3-2-4-6-13)11-18-16(19)14-7-9-15(17)10-8-14/h2-10H,1,11H2,(H,18,19). The van der Waals surface area contributed by atoms with Crippen LogP contribution in [0.5, 0.6) is 0 Å². The minimum absolute atomic E-state index is 0.0930. The van der Waals surface area contributed by atoms with Gasteiger partial charge in [-0.2, -0.15) is 0 Å². The van der Waals surface area contributed by atoms with Crippen molar-refractivity contribution >= 4 is 27.4 Å². The van der Waals surface area contributed by atoms with Crippen molar-refractivity contribution in [3.63, 3.8) is 0 Å². The lowest BCUT2D eigenvalue weighted by Crippen LogP contribution is -2.24. The van der Waals surface area contributed by atoms with E-state index < -0.39 is 0 Å². The van der Waals surface area contributed by atoms with Crippen molar-refractivity contribution in [1.82, 2.24) is 5.32 Å². The van der Waals surface area contributed by atoms with E-state index in [0.717, 1.165) is 15.6 Å². The van der Waals surface area contributed by atoms with Gasteiger partial charge in [-0.05, 0) is 35.4 Å². The lowest BCUT2D eigenvalue weighted by Gasteiger charge is -2.08. The van der Waals surface area contributed by atoms with Crippen LogP contribution >= 0.6 is 15.9 Å². The fraction of sp³-hybridized carbons (Fsp3) is 0.0625. The number of amides is 1. The highest BCUT2D eigenvalue weighted by Crippen LogP contribution is 2.12. The molecule has 0 heterocycles. The number of nitrogens with one attached hydrogen (secondary N) is 1. The first-order valence-corrected chi connectivity index (χ1v) is 6.73. The molecule has 2 rings (SSSR count). The number of hydrogen-bond acceptors (Lipinski definition) is 1. The summed E-state index contributed by atoms with van der Waals surface area (Å²) in [6.45, 7) is 4.43. The third-order valence-corrected chi connectivity index (χ3v) is 3.28. The zero-order chi connectivity index (χ0) is 13.7. The van der Waals surface area contributed by atoms with Crippen molar-refractivity contribution in [2.24, 2.45) is 0 Å². The largest absolute Gasteiger partial charge is 0.348 e. The maximum absolute atomic E-state index is 11.9. The van der Waals surface area contributed by atoms with E-state index in [9.17, 15) is 4.79 Å². The molecule has 2 aromatic carbocycles. The molecule has 0 aromatic heterocycles. The summed E-state index contributed by atoms with van der Waals surface area (Å²) >= 11 is 3.34. The summed E-state index contributed by atoms with van der Waals surface area (Å²) in [5.41, 5.74) is 2.58. The van der Waals surface area contributed by atoms with Crippen molar-refractivity contribution in [2.45, 2.75) is 0 Å². The molecule has 1 amide bonds. The Morgan fingerprint density at radius 3 is 2.26 bits per heavy atom. The number of hydrogen-bond donors (Lipinski definition) is 1. The maximum Gasteiger partial charge on any atom is 0.251 e. The van der Waals surface area contributed by atoms with Gasteiger partial charge in [0, 0.05) is 16.6 Å². The van der Waals surface area contributed by atoms with Gasteiger partial charge in [-0.1, -0.05) is 52.8 Å². The van der Waals surface area contributed by atoms with Crippen molar-refractivity contribution in [3.8, 4) is 0 Å². The minimum Gasteiger partial charge on any atom is -0.348 e. The first-order valence-electron chi connectivity index (χ1n) is 5.94. The lowest BCUT2D eigenvalue weighted by atomic mass is 10.1. The average Bonchev–Trinajstić information content (AvgIpc) is 2.46. The molecule has 0 aliphatic heterocycles. The Labute approximate surface area is 121 Å². The van der Waals surface area contributed by atoms with Crippen LogP contribution in [-0.4, -0.2) is 12.5 Å². The number of rotatable bonds is 4. The van der Waals surface area contributed by atoms with Gasteiger partial charge in [0.1, 0.15) is 0 Å². The third-order valence-electron chi connectivity index (χ3n) is 2.75. The maximum atomic E-state index is 11.9. The lowest BCUT2D eigenvalue weighted by molar-refractivity contribution is 0.0958. The first kappa shape index (κ1) is 13.6. The average molecular weight is 316 g/mol. The molecule has 2 nitrogen and oxygen atoms in total. The van der Waals surface area contributed by atoms with Crippen LogP contribution in [0.4, 0.5) is 0 Å². The van der Waals surface area contributed by atoms with Crippen molar-refractivity contribution in [2.75, 3.05) is 6.54 Å². The number of carbonyl (C=O) groups excluding carboxylic acids is 1. The van der Waals surface area contributed by atoms with Crippen LogP contribution in [0.1, 0.15) is 15.9 Å². The summed E-state index contributed by atoms with van der Waals surface area (Å²) in [6, 6.07) is 17.1. The quantitative estimate of drug-likeness (QED) is 0.911. The summed E-state index contributed by atoms with van der Waals surface area (Å²) < 4.78 is 0.956. The van der Waals surface area contributed by atoms with Gasteiger partial charge in [0.2, 0.25) is 0 Å². The second-order valence-corrected chi connectivity index (χ2v) is 5.07. The molecule has 0 radical (unpaired) electrons. The van der Waals surface area contributed by atoms with Gasteiger partial charge >= 0.3 is 0 Å². The Morgan fingerprint density at radius 2 is 1.63 bits per heavy atom. The van der Waals surface area contributed by atoms with Crippen LogP contribution in [0.25, 0.3) is 5.57 Å². The molecule has 0 spiro atoms. The van der Waals surface area contributed by atoms with E-state index in [4.69, 9.17) is 0 Å². The van der Waals surface area contributed by atoms with Crippen LogP contribution in [0.2, 0.25) is 0 Å². The van der Waals surface area contributed by atoms with Gasteiger partial charge in [0.05, 0.1) is 0 Å². The Hall–Kier alpha value is -1.87. The zero-order valence-corrected chi connectivity index (χ0v) is 12.0. The number of carbonyl (C=O) groups is 1. The topological polar surface area (TPSA) is 29.1 Å². The van der Waals surface area contributed by atoms with Gasteiger partial charge in [-0.15, -0.1) is 0 Å². The fourth-order valence-electron chi connectivity index (χ4n) is 1.67. The molecule has 2 aromatic rings. The zero-order valence-electron chi connectivity index (χ0n) is 10.4. The van der Waals surface area contributed by atoms with Crippen molar-refractivity contribution in [1.29, 1.82) is 0 Å². The normalized spacial score (nSPS) is 9.95. The fourth-order valence-corrected chi connectivity index (χ4v) is 1.93. The monoisotopic (exact) mass is 315 g/mol. The van der Waals surface area contributed by atoms with E-state index in [1.807, 2.05) is 42.5 Å². The Bertz CT molecular complexity index is 575. The van der Waals surface area contributed by atoms with Gasteiger partial charge in [-0.3, -0.25) is 4.79 Å². The highest BCUT2D eigenvalue weighted by Gasteiger charge is 2.05. The molecule has 96 valence electrons. The smallest absolute Gasteiger partial charge is 0.251 e. The molecular formula is C16H14BrNO. The van der Waals surface area contributed by atoms with Crippen molar-refractivity contribution < 1.29 is 4.79 Å².